The highest BCUT2D eigenvalue weighted by Gasteiger charge is 2.27. The van der Waals surface area contributed by atoms with Gasteiger partial charge in [0.15, 0.2) is 0 Å². The van der Waals surface area contributed by atoms with Crippen molar-refractivity contribution in [1.29, 1.82) is 5.41 Å². The van der Waals surface area contributed by atoms with Crippen LogP contribution in [0.15, 0.2) is 0 Å². The van der Waals surface area contributed by atoms with E-state index in [-0.39, 0.29) is 25.3 Å². The van der Waals surface area contributed by atoms with Crippen LogP contribution in [0.4, 0.5) is 13.2 Å². The molecule has 0 spiro atoms. The molecule has 0 heterocycles. The number of nitrogens with one attached hydrogen (secondary N) is 1. The zero-order valence-electron chi connectivity index (χ0n) is 8.19. The van der Waals surface area contributed by atoms with Crippen LogP contribution >= 0.6 is 0 Å². The van der Waals surface area contributed by atoms with Crippen LogP contribution in [0.5, 0.6) is 0 Å². The summed E-state index contributed by atoms with van der Waals surface area (Å²) in [5, 5.41) is 6.94. The van der Waals surface area contributed by atoms with Gasteiger partial charge in [0.1, 0.15) is 13.2 Å². The summed E-state index contributed by atoms with van der Waals surface area (Å²) in [7, 11) is 0. The molecule has 0 unspecified atom stereocenters. The predicted molar refractivity (Wildman–Crippen MR) is 45.9 cm³/mol. The van der Waals surface area contributed by atoms with E-state index in [1.807, 2.05) is 0 Å². The number of carbonyl (C=O) groups is 1. The number of hydrogen-bond donors (Lipinski definition) is 1. The molecule has 0 radical (unpaired) electrons. The van der Waals surface area contributed by atoms with Crippen LogP contribution < -0.4 is 0 Å². The first-order chi connectivity index (χ1) is 6.81. The summed E-state index contributed by atoms with van der Waals surface area (Å²) in [6.45, 7) is -0.458. The number of carbonyl (C=O) groups excluding carboxylic acids is 1. The maximum atomic E-state index is 11.6. The van der Waals surface area contributed by atoms with Crippen LogP contribution in [0.3, 0.4) is 0 Å². The first-order valence-corrected chi connectivity index (χ1v) is 4.15. The van der Waals surface area contributed by atoms with Crippen molar-refractivity contribution in [3.8, 4) is 0 Å². The molecule has 0 aromatic carbocycles. The van der Waals surface area contributed by atoms with Gasteiger partial charge in [-0.1, -0.05) is 0 Å². The summed E-state index contributed by atoms with van der Waals surface area (Å²) in [5.41, 5.74) is 0.135. The monoisotopic (exact) mass is 227 g/mol. The van der Waals surface area contributed by atoms with Gasteiger partial charge in [-0.25, -0.2) is 0 Å². The zero-order valence-corrected chi connectivity index (χ0v) is 8.19. The second-order valence-electron chi connectivity index (χ2n) is 2.85. The molecule has 0 atom stereocenters. The Balaban J connectivity index is 3.39. The standard InChI is InChI=1S/C8H12F3NO3/c1-6(12)4-7(13)15-3-2-14-5-8(9,10)11/h12H,2-5H2,1H3. The third-order valence-corrected chi connectivity index (χ3v) is 1.17. The van der Waals surface area contributed by atoms with E-state index in [1.54, 1.807) is 0 Å². The molecule has 0 aromatic rings. The van der Waals surface area contributed by atoms with E-state index < -0.39 is 18.8 Å². The minimum Gasteiger partial charge on any atom is -0.463 e. The number of ether oxygens (including phenoxy) is 2. The van der Waals surface area contributed by atoms with Gasteiger partial charge in [-0.15, -0.1) is 0 Å². The van der Waals surface area contributed by atoms with Gasteiger partial charge >= 0.3 is 12.1 Å². The number of halogens is 3. The Hall–Kier alpha value is -1.11. The lowest BCUT2D eigenvalue weighted by molar-refractivity contribution is -0.177. The van der Waals surface area contributed by atoms with Crippen molar-refractivity contribution in [1.82, 2.24) is 0 Å². The van der Waals surface area contributed by atoms with Crippen molar-refractivity contribution in [3.05, 3.63) is 0 Å². The molecular formula is C8H12F3NO3. The predicted octanol–water partition coefficient (Wildman–Crippen LogP) is 1.54. The van der Waals surface area contributed by atoms with Crippen molar-refractivity contribution in [3.63, 3.8) is 0 Å². The molecule has 0 aromatic heterocycles. The topological polar surface area (TPSA) is 59.4 Å². The van der Waals surface area contributed by atoms with E-state index in [0.29, 0.717) is 0 Å². The van der Waals surface area contributed by atoms with Crippen molar-refractivity contribution in [2.24, 2.45) is 0 Å². The average Bonchev–Trinajstić information content (AvgIpc) is 1.99. The smallest absolute Gasteiger partial charge is 0.411 e. The van der Waals surface area contributed by atoms with Crippen molar-refractivity contribution >= 4 is 11.7 Å². The lowest BCUT2D eigenvalue weighted by atomic mass is 10.3. The van der Waals surface area contributed by atoms with Gasteiger partial charge in [-0.2, -0.15) is 13.2 Å². The quantitative estimate of drug-likeness (QED) is 0.425. The maximum Gasteiger partial charge on any atom is 0.411 e. The number of hydrogen-bond acceptors (Lipinski definition) is 4. The summed E-state index contributed by atoms with van der Waals surface area (Å²) in [4.78, 5) is 10.8. The number of esters is 1. The van der Waals surface area contributed by atoms with E-state index in [4.69, 9.17) is 5.41 Å². The minimum atomic E-state index is -4.37. The van der Waals surface area contributed by atoms with Gasteiger partial charge < -0.3 is 14.9 Å². The molecule has 0 bridgehead atoms. The largest absolute Gasteiger partial charge is 0.463 e. The molecule has 0 amide bonds. The summed E-state index contributed by atoms with van der Waals surface area (Å²) < 4.78 is 43.4. The lowest BCUT2D eigenvalue weighted by Gasteiger charge is -2.07. The van der Waals surface area contributed by atoms with Crippen LogP contribution in [0.2, 0.25) is 0 Å². The van der Waals surface area contributed by atoms with E-state index >= 15 is 0 Å². The fourth-order valence-corrected chi connectivity index (χ4v) is 0.670. The molecule has 0 aliphatic heterocycles. The van der Waals surface area contributed by atoms with Crippen LogP contribution in [-0.4, -0.2) is 37.7 Å². The maximum absolute atomic E-state index is 11.6. The first kappa shape index (κ1) is 13.9. The second kappa shape index (κ2) is 6.39. The Bertz CT molecular complexity index is 228. The fraction of sp³-hybridized carbons (Fsp3) is 0.750. The molecule has 1 N–H and O–H groups in total. The zero-order chi connectivity index (χ0) is 11.9. The normalized spacial score (nSPS) is 11.2. The van der Waals surface area contributed by atoms with Gasteiger partial charge in [0.25, 0.3) is 0 Å². The molecule has 0 fully saturated rings. The third-order valence-electron chi connectivity index (χ3n) is 1.17. The van der Waals surface area contributed by atoms with Crippen molar-refractivity contribution in [2.75, 3.05) is 19.8 Å². The van der Waals surface area contributed by atoms with Crippen molar-refractivity contribution < 1.29 is 27.4 Å². The second-order valence-corrected chi connectivity index (χ2v) is 2.85. The molecule has 0 rings (SSSR count). The highest BCUT2D eigenvalue weighted by Crippen LogP contribution is 2.13. The Morgan fingerprint density at radius 1 is 1.33 bits per heavy atom. The molecule has 0 saturated carbocycles. The van der Waals surface area contributed by atoms with E-state index in [9.17, 15) is 18.0 Å². The number of rotatable bonds is 6. The highest BCUT2D eigenvalue weighted by molar-refractivity contribution is 5.95. The van der Waals surface area contributed by atoms with Crippen LogP contribution in [0.25, 0.3) is 0 Å². The van der Waals surface area contributed by atoms with Gasteiger partial charge in [-0.05, 0) is 6.92 Å². The summed E-state index contributed by atoms with van der Waals surface area (Å²) in [6.07, 6.45) is -4.52. The van der Waals surface area contributed by atoms with Crippen LogP contribution in [0, 0.1) is 5.41 Å². The van der Waals surface area contributed by atoms with E-state index in [0.717, 1.165) is 0 Å². The molecular weight excluding hydrogens is 215 g/mol. The Kier molecular flexibility index (Phi) is 5.92. The molecule has 0 aliphatic carbocycles. The minimum absolute atomic E-state index is 0.135. The van der Waals surface area contributed by atoms with Crippen LogP contribution in [-0.2, 0) is 14.3 Å². The van der Waals surface area contributed by atoms with Crippen LogP contribution in [0.1, 0.15) is 13.3 Å². The van der Waals surface area contributed by atoms with Crippen molar-refractivity contribution in [2.45, 2.75) is 19.5 Å². The molecule has 0 saturated heterocycles. The Morgan fingerprint density at radius 3 is 2.40 bits per heavy atom. The van der Waals surface area contributed by atoms with E-state index in [1.165, 1.54) is 6.92 Å². The molecule has 4 nitrogen and oxygen atoms in total. The Labute approximate surface area is 84.9 Å². The summed E-state index contributed by atoms with van der Waals surface area (Å²) >= 11 is 0. The number of alkyl halides is 3. The SMILES string of the molecule is CC(=N)CC(=O)OCCOCC(F)(F)F. The van der Waals surface area contributed by atoms with E-state index in [2.05, 4.69) is 9.47 Å². The average molecular weight is 227 g/mol. The van der Waals surface area contributed by atoms with Gasteiger partial charge in [-0.3, -0.25) is 4.79 Å². The van der Waals surface area contributed by atoms with Gasteiger partial charge in [0, 0.05) is 5.71 Å². The summed E-state index contributed by atoms with van der Waals surface area (Å²) in [6, 6.07) is 0. The molecule has 0 aliphatic rings. The fourth-order valence-electron chi connectivity index (χ4n) is 0.670. The molecule has 15 heavy (non-hydrogen) atoms. The first-order valence-electron chi connectivity index (χ1n) is 4.15. The highest BCUT2D eigenvalue weighted by atomic mass is 19.4. The Morgan fingerprint density at radius 2 is 1.93 bits per heavy atom. The lowest BCUT2D eigenvalue weighted by Crippen LogP contribution is -2.20. The van der Waals surface area contributed by atoms with Gasteiger partial charge in [0.2, 0.25) is 0 Å². The van der Waals surface area contributed by atoms with Gasteiger partial charge in [0.05, 0.1) is 13.0 Å². The third kappa shape index (κ3) is 10.8. The molecule has 7 heteroatoms. The summed E-state index contributed by atoms with van der Waals surface area (Å²) in [5.74, 6) is -0.641. The molecule has 88 valence electrons.